The molecule has 2 aromatic heterocycles. The van der Waals surface area contributed by atoms with Crippen LogP contribution in [0.3, 0.4) is 0 Å². The highest BCUT2D eigenvalue weighted by Gasteiger charge is 2.22. The van der Waals surface area contributed by atoms with Gasteiger partial charge in [-0.2, -0.15) is 4.52 Å². The maximum absolute atomic E-state index is 4.56. The van der Waals surface area contributed by atoms with Gasteiger partial charge in [0.1, 0.15) is 5.82 Å². The predicted octanol–water partition coefficient (Wildman–Crippen LogP) is 2.12. The van der Waals surface area contributed by atoms with Gasteiger partial charge >= 0.3 is 0 Å². The van der Waals surface area contributed by atoms with Gasteiger partial charge in [-0.3, -0.25) is 0 Å². The van der Waals surface area contributed by atoms with Crippen LogP contribution in [0.4, 0.5) is 11.5 Å². The standard InChI is InChI=1S/C16H18N6/c1-12-18-19-16-8-7-15(20-22(12)16)17-13-9-10-21(11-13)14-5-3-2-4-6-14/h2-8,13H,9-11H2,1H3,(H,17,20). The fourth-order valence-corrected chi connectivity index (χ4v) is 2.93. The van der Waals surface area contributed by atoms with Crippen LogP contribution in [0.1, 0.15) is 12.2 Å². The van der Waals surface area contributed by atoms with E-state index >= 15 is 0 Å². The Kier molecular flexibility index (Phi) is 3.14. The third-order valence-corrected chi connectivity index (χ3v) is 4.08. The van der Waals surface area contributed by atoms with Crippen LogP contribution in [0.5, 0.6) is 0 Å². The topological polar surface area (TPSA) is 58.4 Å². The van der Waals surface area contributed by atoms with Gasteiger partial charge in [0, 0.05) is 24.8 Å². The Morgan fingerprint density at radius 2 is 1.95 bits per heavy atom. The molecule has 1 N–H and O–H groups in total. The molecule has 3 heterocycles. The molecule has 1 aliphatic heterocycles. The van der Waals surface area contributed by atoms with Gasteiger partial charge in [-0.05, 0) is 37.6 Å². The fourth-order valence-electron chi connectivity index (χ4n) is 2.93. The second kappa shape index (κ2) is 5.29. The number of hydrogen-bond donors (Lipinski definition) is 1. The average Bonchev–Trinajstić information content (AvgIpc) is 3.16. The second-order valence-corrected chi connectivity index (χ2v) is 5.65. The van der Waals surface area contributed by atoms with Crippen LogP contribution in [-0.2, 0) is 0 Å². The van der Waals surface area contributed by atoms with Crippen LogP contribution in [0, 0.1) is 6.92 Å². The minimum absolute atomic E-state index is 0.405. The molecular weight excluding hydrogens is 276 g/mol. The van der Waals surface area contributed by atoms with E-state index in [0.29, 0.717) is 6.04 Å². The molecule has 1 aliphatic rings. The summed E-state index contributed by atoms with van der Waals surface area (Å²) in [4.78, 5) is 2.40. The largest absolute Gasteiger partial charge is 0.369 e. The molecule has 0 bridgehead atoms. The summed E-state index contributed by atoms with van der Waals surface area (Å²) in [6.45, 7) is 3.96. The highest BCUT2D eigenvalue weighted by Crippen LogP contribution is 2.21. The molecule has 0 radical (unpaired) electrons. The molecule has 4 rings (SSSR count). The minimum atomic E-state index is 0.405. The SMILES string of the molecule is Cc1nnc2ccc(NC3CCN(c4ccccc4)C3)nn12. The molecule has 22 heavy (non-hydrogen) atoms. The van der Waals surface area contributed by atoms with Crippen molar-refractivity contribution < 1.29 is 0 Å². The lowest BCUT2D eigenvalue weighted by atomic mass is 10.2. The van der Waals surface area contributed by atoms with Crippen molar-refractivity contribution in [1.82, 2.24) is 19.8 Å². The van der Waals surface area contributed by atoms with Crippen molar-refractivity contribution in [1.29, 1.82) is 0 Å². The van der Waals surface area contributed by atoms with Crippen molar-refractivity contribution in [2.45, 2.75) is 19.4 Å². The summed E-state index contributed by atoms with van der Waals surface area (Å²) in [5, 5.41) is 16.2. The number of aromatic nitrogens is 4. The van der Waals surface area contributed by atoms with Crippen LogP contribution in [0.25, 0.3) is 5.65 Å². The van der Waals surface area contributed by atoms with Gasteiger partial charge in [0.05, 0.1) is 0 Å². The Morgan fingerprint density at radius 1 is 1.09 bits per heavy atom. The minimum Gasteiger partial charge on any atom is -0.369 e. The zero-order chi connectivity index (χ0) is 14.9. The van der Waals surface area contributed by atoms with Gasteiger partial charge < -0.3 is 10.2 Å². The number of anilines is 2. The lowest BCUT2D eigenvalue weighted by Crippen LogP contribution is -2.26. The number of para-hydroxylation sites is 1. The number of rotatable bonds is 3. The summed E-state index contributed by atoms with van der Waals surface area (Å²) >= 11 is 0. The average molecular weight is 294 g/mol. The molecule has 1 saturated heterocycles. The van der Waals surface area contributed by atoms with Gasteiger partial charge in [-0.25, -0.2) is 0 Å². The van der Waals surface area contributed by atoms with Crippen LogP contribution >= 0.6 is 0 Å². The first kappa shape index (κ1) is 13.1. The maximum atomic E-state index is 4.56. The molecule has 0 spiro atoms. The smallest absolute Gasteiger partial charge is 0.178 e. The lowest BCUT2D eigenvalue weighted by Gasteiger charge is -2.19. The normalized spacial score (nSPS) is 18.0. The molecule has 0 saturated carbocycles. The van der Waals surface area contributed by atoms with Gasteiger partial charge in [-0.1, -0.05) is 18.2 Å². The fraction of sp³-hybridized carbons (Fsp3) is 0.312. The molecule has 112 valence electrons. The maximum Gasteiger partial charge on any atom is 0.178 e. The van der Waals surface area contributed by atoms with Gasteiger partial charge in [0.25, 0.3) is 0 Å². The molecule has 1 fully saturated rings. The summed E-state index contributed by atoms with van der Waals surface area (Å²) in [7, 11) is 0. The molecule has 1 unspecified atom stereocenters. The summed E-state index contributed by atoms with van der Waals surface area (Å²) in [6.07, 6.45) is 1.11. The van der Waals surface area contributed by atoms with Gasteiger partial charge in [-0.15, -0.1) is 15.3 Å². The molecule has 6 nitrogen and oxygen atoms in total. The van der Waals surface area contributed by atoms with Crippen LogP contribution in [0.2, 0.25) is 0 Å². The summed E-state index contributed by atoms with van der Waals surface area (Å²) < 4.78 is 1.77. The van der Waals surface area contributed by atoms with E-state index in [1.165, 1.54) is 5.69 Å². The number of fused-ring (bicyclic) bond motifs is 1. The molecular formula is C16H18N6. The Hall–Kier alpha value is -2.63. The Morgan fingerprint density at radius 3 is 2.82 bits per heavy atom. The van der Waals surface area contributed by atoms with E-state index in [2.05, 4.69) is 55.8 Å². The molecule has 0 amide bonds. The zero-order valence-corrected chi connectivity index (χ0v) is 12.5. The van der Waals surface area contributed by atoms with Crippen molar-refractivity contribution >= 4 is 17.2 Å². The van der Waals surface area contributed by atoms with E-state index in [1.807, 2.05) is 19.1 Å². The number of benzene rings is 1. The third kappa shape index (κ3) is 2.36. The molecule has 1 aromatic carbocycles. The van der Waals surface area contributed by atoms with E-state index in [1.54, 1.807) is 4.52 Å². The zero-order valence-electron chi connectivity index (χ0n) is 12.5. The lowest BCUT2D eigenvalue weighted by molar-refractivity contribution is 0.783. The number of nitrogens with zero attached hydrogens (tertiary/aromatic N) is 5. The summed E-state index contributed by atoms with van der Waals surface area (Å²) in [5.41, 5.74) is 2.06. The highest BCUT2D eigenvalue weighted by atomic mass is 15.4. The summed E-state index contributed by atoms with van der Waals surface area (Å²) in [5.74, 6) is 1.67. The predicted molar refractivity (Wildman–Crippen MR) is 86.2 cm³/mol. The van der Waals surface area contributed by atoms with E-state index < -0.39 is 0 Å². The quantitative estimate of drug-likeness (QED) is 0.802. The van der Waals surface area contributed by atoms with Gasteiger partial charge in [0.2, 0.25) is 0 Å². The Bertz CT molecular complexity index is 782. The van der Waals surface area contributed by atoms with Gasteiger partial charge in [0.15, 0.2) is 11.5 Å². The highest BCUT2D eigenvalue weighted by molar-refractivity contribution is 5.49. The second-order valence-electron chi connectivity index (χ2n) is 5.65. The number of nitrogens with one attached hydrogen (secondary N) is 1. The number of hydrogen-bond acceptors (Lipinski definition) is 5. The van der Waals surface area contributed by atoms with E-state index in [9.17, 15) is 0 Å². The first-order chi connectivity index (χ1) is 10.8. The molecule has 3 aromatic rings. The van der Waals surface area contributed by atoms with E-state index in [0.717, 1.165) is 36.8 Å². The van der Waals surface area contributed by atoms with Crippen molar-refractivity contribution in [3.63, 3.8) is 0 Å². The first-order valence-corrected chi connectivity index (χ1v) is 7.55. The van der Waals surface area contributed by atoms with Crippen LogP contribution in [-0.4, -0.2) is 38.9 Å². The first-order valence-electron chi connectivity index (χ1n) is 7.55. The van der Waals surface area contributed by atoms with Crippen molar-refractivity contribution in [2.24, 2.45) is 0 Å². The summed E-state index contributed by atoms with van der Waals surface area (Å²) in [6, 6.07) is 14.9. The third-order valence-electron chi connectivity index (χ3n) is 4.08. The van der Waals surface area contributed by atoms with Crippen LogP contribution < -0.4 is 10.2 Å². The molecule has 6 heteroatoms. The Balaban J connectivity index is 1.48. The van der Waals surface area contributed by atoms with Crippen molar-refractivity contribution in [2.75, 3.05) is 23.3 Å². The van der Waals surface area contributed by atoms with Crippen molar-refractivity contribution in [3.8, 4) is 0 Å². The van der Waals surface area contributed by atoms with E-state index in [4.69, 9.17) is 0 Å². The number of aryl methyl sites for hydroxylation is 1. The van der Waals surface area contributed by atoms with Crippen molar-refractivity contribution in [3.05, 3.63) is 48.3 Å². The molecule has 0 aliphatic carbocycles. The van der Waals surface area contributed by atoms with Crippen LogP contribution in [0.15, 0.2) is 42.5 Å². The molecule has 1 atom stereocenters. The monoisotopic (exact) mass is 294 g/mol. The Labute approximate surface area is 128 Å². The van der Waals surface area contributed by atoms with E-state index in [-0.39, 0.29) is 0 Å².